The summed E-state index contributed by atoms with van der Waals surface area (Å²) in [5, 5.41) is 12.4. The molecule has 4 nitrogen and oxygen atoms in total. The monoisotopic (exact) mass is 627 g/mol. The molecule has 1 atom stereocenters. The average molecular weight is 629 g/mol. The number of carbonyl (C=O) groups is 1. The van der Waals surface area contributed by atoms with Crippen molar-refractivity contribution in [3.8, 4) is 6.07 Å². The smallest absolute Gasteiger partial charge is 0.161 e. The molecule has 3 aromatic carbocycles. The first-order chi connectivity index (χ1) is 19.1. The van der Waals surface area contributed by atoms with Crippen LogP contribution in [0.15, 0.2) is 76.1 Å². The molecule has 0 aromatic heterocycles. The molecule has 1 heterocycles. The molecule has 0 saturated carbocycles. The molecule has 0 radical (unpaired) electrons. The third-order valence-electron chi connectivity index (χ3n) is 7.37. The van der Waals surface area contributed by atoms with Gasteiger partial charge in [0.1, 0.15) is 5.82 Å². The Morgan fingerprint density at radius 1 is 1.05 bits per heavy atom. The lowest BCUT2D eigenvalue weighted by atomic mass is 9.73. The lowest BCUT2D eigenvalue weighted by molar-refractivity contribution is -0.116. The molecular formula is C31H25Cl4N3OS. The van der Waals surface area contributed by atoms with E-state index in [1.165, 1.54) is 0 Å². The fourth-order valence-electron chi connectivity index (χ4n) is 5.49. The van der Waals surface area contributed by atoms with E-state index < -0.39 is 5.92 Å². The predicted octanol–water partition coefficient (Wildman–Crippen LogP) is 9.51. The zero-order chi connectivity index (χ0) is 28.7. The fourth-order valence-corrected chi connectivity index (χ4v) is 7.42. The number of nitrogens with zero attached hydrogens (tertiary/aromatic N) is 2. The normalized spacial score (nSPS) is 17.3. The van der Waals surface area contributed by atoms with Crippen LogP contribution >= 0.6 is 58.2 Å². The number of benzene rings is 3. The van der Waals surface area contributed by atoms with Crippen LogP contribution in [-0.4, -0.2) is 5.78 Å². The molecule has 0 saturated heterocycles. The molecule has 3 aromatic rings. The van der Waals surface area contributed by atoms with Crippen molar-refractivity contribution in [2.24, 2.45) is 5.73 Å². The highest BCUT2D eigenvalue weighted by atomic mass is 35.5. The highest BCUT2D eigenvalue weighted by molar-refractivity contribution is 7.98. The van der Waals surface area contributed by atoms with E-state index in [9.17, 15) is 10.1 Å². The van der Waals surface area contributed by atoms with Crippen molar-refractivity contribution in [3.63, 3.8) is 0 Å². The van der Waals surface area contributed by atoms with E-state index in [2.05, 4.69) is 18.2 Å². The van der Waals surface area contributed by atoms with E-state index in [1.54, 1.807) is 47.0 Å². The number of rotatable bonds is 5. The van der Waals surface area contributed by atoms with Crippen molar-refractivity contribution in [3.05, 3.63) is 114 Å². The largest absolute Gasteiger partial charge is 0.384 e. The van der Waals surface area contributed by atoms with Crippen molar-refractivity contribution < 1.29 is 4.79 Å². The second kappa shape index (κ2) is 11.7. The van der Waals surface area contributed by atoms with Gasteiger partial charge in [-0.05, 0) is 73.7 Å². The van der Waals surface area contributed by atoms with Gasteiger partial charge in [0.15, 0.2) is 5.78 Å². The SMILES string of the molecule is Cc1cc(CSc2cc(Cl)ccc2Cl)c(C)c(C2C(C#N)=C(N)N(c3cccc(Cl)c3Cl)C3=C2C(=O)CCC3)c1. The van der Waals surface area contributed by atoms with Crippen LogP contribution < -0.4 is 10.6 Å². The van der Waals surface area contributed by atoms with E-state index in [0.29, 0.717) is 61.9 Å². The summed E-state index contributed by atoms with van der Waals surface area (Å²) < 4.78 is 0. The van der Waals surface area contributed by atoms with Crippen LogP contribution in [0.1, 0.15) is 47.4 Å². The van der Waals surface area contributed by atoms with Gasteiger partial charge in [0.2, 0.25) is 0 Å². The lowest BCUT2D eigenvalue weighted by Gasteiger charge is -2.40. The Hall–Kier alpha value is -2.59. The fraction of sp³-hybridized carbons (Fsp3) is 0.226. The number of ketones is 1. The molecule has 0 amide bonds. The third-order valence-corrected chi connectivity index (χ3v) is 9.96. The van der Waals surface area contributed by atoms with Crippen molar-refractivity contribution in [2.75, 3.05) is 4.90 Å². The van der Waals surface area contributed by atoms with Crippen LogP contribution in [0.5, 0.6) is 0 Å². The minimum Gasteiger partial charge on any atom is -0.384 e. The number of allylic oxidation sites excluding steroid dienone is 3. The van der Waals surface area contributed by atoms with Gasteiger partial charge < -0.3 is 5.73 Å². The van der Waals surface area contributed by atoms with Gasteiger partial charge in [0, 0.05) is 33.4 Å². The van der Waals surface area contributed by atoms with E-state index in [0.717, 1.165) is 32.8 Å². The zero-order valence-corrected chi connectivity index (χ0v) is 25.7. The van der Waals surface area contributed by atoms with Crippen molar-refractivity contribution in [1.82, 2.24) is 0 Å². The Morgan fingerprint density at radius 3 is 2.58 bits per heavy atom. The standard InChI is InChI=1S/C31H25Cl4N3OS/c1-16-11-18(15-40-27-13-19(32)9-10-22(27)33)17(2)20(12-16)28-21(14-36)31(37)38(24-6-4-8-26(39)29(24)28)25-7-3-5-23(34)30(25)35/h3,5,7,9-13,28H,4,6,8,15,37H2,1-2H3. The van der Waals surface area contributed by atoms with Crippen LogP contribution in [0.2, 0.25) is 20.1 Å². The van der Waals surface area contributed by atoms with Gasteiger partial charge in [-0.3, -0.25) is 9.69 Å². The maximum absolute atomic E-state index is 13.6. The highest BCUT2D eigenvalue weighted by Gasteiger charge is 2.41. The van der Waals surface area contributed by atoms with Crippen molar-refractivity contribution >= 4 is 69.6 Å². The number of halogens is 4. The summed E-state index contributed by atoms with van der Waals surface area (Å²) in [6, 6.07) is 17.2. The minimum absolute atomic E-state index is 0.0113. The van der Waals surface area contributed by atoms with Gasteiger partial charge in [-0.15, -0.1) is 11.8 Å². The summed E-state index contributed by atoms with van der Waals surface area (Å²) in [5.74, 6) is 0.323. The first-order valence-corrected chi connectivity index (χ1v) is 15.2. The maximum Gasteiger partial charge on any atom is 0.161 e. The molecule has 0 spiro atoms. The first kappa shape index (κ1) is 28.9. The van der Waals surface area contributed by atoms with E-state index in [1.807, 2.05) is 19.9 Å². The van der Waals surface area contributed by atoms with Gasteiger partial charge in [-0.25, -0.2) is 0 Å². The molecule has 1 aliphatic carbocycles. The van der Waals surface area contributed by atoms with Crippen LogP contribution in [-0.2, 0) is 10.5 Å². The number of anilines is 1. The summed E-state index contributed by atoms with van der Waals surface area (Å²) in [7, 11) is 0. The molecule has 204 valence electrons. The van der Waals surface area contributed by atoms with Crippen LogP contribution in [0.4, 0.5) is 5.69 Å². The average Bonchev–Trinajstić information content (AvgIpc) is 2.92. The molecule has 2 aliphatic rings. The Labute approximate surface area is 258 Å². The molecule has 5 rings (SSSR count). The second-order valence-electron chi connectivity index (χ2n) is 9.89. The predicted molar refractivity (Wildman–Crippen MR) is 166 cm³/mol. The number of nitriles is 1. The van der Waals surface area contributed by atoms with Crippen LogP contribution in [0, 0.1) is 25.2 Å². The van der Waals surface area contributed by atoms with Gasteiger partial charge >= 0.3 is 0 Å². The summed E-state index contributed by atoms with van der Waals surface area (Å²) in [5.41, 5.74) is 13.0. The number of aryl methyl sites for hydroxylation is 1. The highest BCUT2D eigenvalue weighted by Crippen LogP contribution is 2.49. The molecule has 0 bridgehead atoms. The summed E-state index contributed by atoms with van der Waals surface area (Å²) in [6.45, 7) is 4.05. The molecular weight excluding hydrogens is 604 g/mol. The van der Waals surface area contributed by atoms with Crippen molar-refractivity contribution in [2.45, 2.75) is 49.7 Å². The van der Waals surface area contributed by atoms with Gasteiger partial charge in [-0.2, -0.15) is 5.26 Å². The third kappa shape index (κ3) is 5.24. The molecule has 9 heteroatoms. The minimum atomic E-state index is -0.583. The Balaban J connectivity index is 1.65. The topological polar surface area (TPSA) is 70.1 Å². The van der Waals surface area contributed by atoms with Crippen LogP contribution in [0.25, 0.3) is 0 Å². The van der Waals surface area contributed by atoms with E-state index in [-0.39, 0.29) is 11.6 Å². The number of Topliss-reactive ketones (excluding diaryl/α,β-unsaturated/α-hetero) is 1. The molecule has 40 heavy (non-hydrogen) atoms. The summed E-state index contributed by atoms with van der Waals surface area (Å²) in [6.07, 6.45) is 1.72. The van der Waals surface area contributed by atoms with Gasteiger partial charge in [0.25, 0.3) is 0 Å². The number of hydrogen-bond acceptors (Lipinski definition) is 5. The summed E-state index contributed by atoms with van der Waals surface area (Å²) >= 11 is 27.2. The summed E-state index contributed by atoms with van der Waals surface area (Å²) in [4.78, 5) is 16.3. The number of carbonyl (C=O) groups excluding carboxylic acids is 1. The number of hydrogen-bond donors (Lipinski definition) is 1. The van der Waals surface area contributed by atoms with Gasteiger partial charge in [-0.1, -0.05) is 70.2 Å². The Morgan fingerprint density at radius 2 is 1.82 bits per heavy atom. The first-order valence-electron chi connectivity index (χ1n) is 12.7. The maximum atomic E-state index is 13.6. The quantitative estimate of drug-likeness (QED) is 0.285. The van der Waals surface area contributed by atoms with E-state index >= 15 is 0 Å². The van der Waals surface area contributed by atoms with Crippen molar-refractivity contribution in [1.29, 1.82) is 5.26 Å². The Bertz CT molecular complexity index is 1660. The van der Waals surface area contributed by atoms with E-state index in [4.69, 9.17) is 52.1 Å². The Kier molecular flexibility index (Phi) is 8.47. The molecule has 0 fully saturated rings. The van der Waals surface area contributed by atoms with Gasteiger partial charge in [0.05, 0.1) is 38.3 Å². The second-order valence-corrected chi connectivity index (χ2v) is 12.5. The van der Waals surface area contributed by atoms with Crippen LogP contribution in [0.3, 0.4) is 0 Å². The molecule has 2 N–H and O–H groups in total. The molecule has 1 aliphatic heterocycles. The number of thioether (sulfide) groups is 1. The molecule has 1 unspecified atom stereocenters. The zero-order valence-electron chi connectivity index (χ0n) is 21.8. The number of nitrogens with two attached hydrogens (primary N) is 1. The lowest BCUT2D eigenvalue weighted by Crippen LogP contribution is -2.39.